The van der Waals surface area contributed by atoms with Crippen LogP contribution in [0.5, 0.6) is 0 Å². The van der Waals surface area contributed by atoms with Crippen LogP contribution in [0.15, 0.2) is 30.3 Å². The highest BCUT2D eigenvalue weighted by atomic mass is 16.3. The number of hydrogen-bond acceptors (Lipinski definition) is 2. The normalized spacial score (nSPS) is 16.9. The smallest absolute Gasteiger partial charge is 0.315 e. The number of aliphatic hydroxyl groups excluding tert-OH is 1. The van der Waals surface area contributed by atoms with Crippen molar-refractivity contribution in [1.29, 1.82) is 0 Å². The zero-order valence-corrected chi connectivity index (χ0v) is 11.9. The first-order chi connectivity index (χ1) is 9.74. The monoisotopic (exact) mass is 276 g/mol. The summed E-state index contributed by atoms with van der Waals surface area (Å²) in [6.07, 6.45) is 5.79. The summed E-state index contributed by atoms with van der Waals surface area (Å²) in [4.78, 5) is 11.8. The minimum atomic E-state index is -0.385. The molecular formula is C16H24N2O2. The Labute approximate surface area is 120 Å². The Morgan fingerprint density at radius 2 is 1.90 bits per heavy atom. The van der Waals surface area contributed by atoms with Gasteiger partial charge in [0.05, 0.1) is 12.1 Å². The molecule has 110 valence electrons. The van der Waals surface area contributed by atoms with Gasteiger partial charge in [-0.1, -0.05) is 43.2 Å². The fourth-order valence-corrected chi connectivity index (χ4v) is 2.80. The Balaban J connectivity index is 1.65. The van der Waals surface area contributed by atoms with E-state index < -0.39 is 0 Å². The Morgan fingerprint density at radius 1 is 1.20 bits per heavy atom. The maximum atomic E-state index is 11.8. The minimum absolute atomic E-state index is 0.0322. The van der Waals surface area contributed by atoms with Gasteiger partial charge in [0, 0.05) is 6.54 Å². The van der Waals surface area contributed by atoms with Crippen LogP contribution in [0.2, 0.25) is 0 Å². The van der Waals surface area contributed by atoms with E-state index >= 15 is 0 Å². The molecule has 1 fully saturated rings. The molecule has 0 unspecified atom stereocenters. The van der Waals surface area contributed by atoms with Crippen LogP contribution in [-0.4, -0.2) is 29.8 Å². The predicted octanol–water partition coefficient (Wildman–Crippen LogP) is 2.22. The lowest BCUT2D eigenvalue weighted by Gasteiger charge is -2.27. The molecule has 0 heterocycles. The van der Waals surface area contributed by atoms with Gasteiger partial charge < -0.3 is 15.7 Å². The van der Waals surface area contributed by atoms with Crippen molar-refractivity contribution in [2.24, 2.45) is 0 Å². The van der Waals surface area contributed by atoms with Crippen LogP contribution >= 0.6 is 0 Å². The molecule has 1 aromatic rings. The second kappa shape index (κ2) is 7.29. The summed E-state index contributed by atoms with van der Waals surface area (Å²) in [6.45, 7) is 0.687. The van der Waals surface area contributed by atoms with Gasteiger partial charge in [0.25, 0.3) is 0 Å². The molecule has 1 saturated carbocycles. The van der Waals surface area contributed by atoms with Crippen molar-refractivity contribution in [3.8, 4) is 0 Å². The van der Waals surface area contributed by atoms with Gasteiger partial charge in [0.15, 0.2) is 0 Å². The molecule has 1 aliphatic rings. The average molecular weight is 276 g/mol. The number of urea groups is 1. The molecule has 1 aromatic carbocycles. The van der Waals surface area contributed by atoms with Crippen LogP contribution in [0, 0.1) is 0 Å². The Kier molecular flexibility index (Phi) is 5.41. The summed E-state index contributed by atoms with van der Waals surface area (Å²) < 4.78 is 0. The van der Waals surface area contributed by atoms with Crippen molar-refractivity contribution in [1.82, 2.24) is 10.6 Å². The van der Waals surface area contributed by atoms with Crippen LogP contribution in [0.4, 0.5) is 4.79 Å². The number of hydrogen-bond donors (Lipinski definition) is 3. The maximum absolute atomic E-state index is 11.8. The summed E-state index contributed by atoms with van der Waals surface area (Å²) in [6, 6.07) is 10.1. The maximum Gasteiger partial charge on any atom is 0.315 e. The molecule has 1 aliphatic carbocycles. The number of carbonyl (C=O) groups excluding carboxylic acids is 1. The molecule has 0 radical (unpaired) electrons. The van der Waals surface area contributed by atoms with Gasteiger partial charge >= 0.3 is 6.03 Å². The van der Waals surface area contributed by atoms with Gasteiger partial charge in [-0.3, -0.25) is 0 Å². The molecular weight excluding hydrogens is 252 g/mol. The van der Waals surface area contributed by atoms with E-state index in [0.717, 1.165) is 38.5 Å². The van der Waals surface area contributed by atoms with E-state index in [1.165, 1.54) is 5.56 Å². The number of aliphatic hydroxyl groups is 1. The zero-order chi connectivity index (χ0) is 14.3. The molecule has 20 heavy (non-hydrogen) atoms. The first-order valence-electron chi connectivity index (χ1n) is 7.45. The fraction of sp³-hybridized carbons (Fsp3) is 0.562. The number of benzene rings is 1. The van der Waals surface area contributed by atoms with E-state index in [0.29, 0.717) is 6.54 Å². The summed E-state index contributed by atoms with van der Waals surface area (Å²) in [5.41, 5.74) is 0.904. The van der Waals surface area contributed by atoms with Crippen LogP contribution < -0.4 is 10.6 Å². The molecule has 0 bridgehead atoms. The van der Waals surface area contributed by atoms with Gasteiger partial charge in [0.1, 0.15) is 0 Å². The van der Waals surface area contributed by atoms with E-state index in [4.69, 9.17) is 0 Å². The van der Waals surface area contributed by atoms with Gasteiger partial charge in [-0.05, 0) is 31.2 Å². The van der Waals surface area contributed by atoms with Crippen molar-refractivity contribution < 1.29 is 9.90 Å². The number of aryl methyl sites for hydroxylation is 1. The molecule has 2 rings (SSSR count). The van der Waals surface area contributed by atoms with Crippen molar-refractivity contribution in [2.75, 3.05) is 13.2 Å². The van der Waals surface area contributed by atoms with Gasteiger partial charge in [-0.2, -0.15) is 0 Å². The van der Waals surface area contributed by atoms with Crippen LogP contribution in [0.3, 0.4) is 0 Å². The van der Waals surface area contributed by atoms with Crippen LogP contribution in [0.25, 0.3) is 0 Å². The molecule has 2 amide bonds. The fourth-order valence-electron chi connectivity index (χ4n) is 2.80. The van der Waals surface area contributed by atoms with Crippen LogP contribution in [0.1, 0.15) is 37.7 Å². The highest BCUT2D eigenvalue weighted by Gasteiger charge is 2.34. The van der Waals surface area contributed by atoms with E-state index in [9.17, 15) is 9.90 Å². The first kappa shape index (κ1) is 14.9. The number of carbonyl (C=O) groups is 1. The molecule has 0 aromatic heterocycles. The van der Waals surface area contributed by atoms with Gasteiger partial charge in [-0.25, -0.2) is 4.79 Å². The summed E-state index contributed by atoms with van der Waals surface area (Å²) >= 11 is 0. The van der Waals surface area contributed by atoms with Crippen molar-refractivity contribution in [2.45, 2.75) is 44.1 Å². The summed E-state index contributed by atoms with van der Waals surface area (Å²) in [5.74, 6) is 0. The second-order valence-corrected chi connectivity index (χ2v) is 5.62. The highest BCUT2D eigenvalue weighted by molar-refractivity contribution is 5.74. The largest absolute Gasteiger partial charge is 0.394 e. The standard InChI is InChI=1S/C16H24N2O2/c19-13-16(10-4-5-11-16)18-15(20)17-12-6-9-14-7-2-1-3-8-14/h1-3,7-8,19H,4-6,9-13H2,(H2,17,18,20). The predicted molar refractivity (Wildman–Crippen MR) is 79.6 cm³/mol. The van der Waals surface area contributed by atoms with E-state index in [2.05, 4.69) is 22.8 Å². The van der Waals surface area contributed by atoms with Gasteiger partial charge in [0.2, 0.25) is 0 Å². The third kappa shape index (κ3) is 4.23. The lowest BCUT2D eigenvalue weighted by atomic mass is 9.99. The molecule has 0 spiro atoms. The van der Waals surface area contributed by atoms with Gasteiger partial charge in [-0.15, -0.1) is 0 Å². The highest BCUT2D eigenvalue weighted by Crippen LogP contribution is 2.28. The molecule has 4 nitrogen and oxygen atoms in total. The van der Waals surface area contributed by atoms with E-state index in [1.807, 2.05) is 18.2 Å². The molecule has 3 N–H and O–H groups in total. The third-order valence-corrected chi connectivity index (χ3v) is 4.01. The van der Waals surface area contributed by atoms with Crippen molar-refractivity contribution in [3.05, 3.63) is 35.9 Å². The Bertz CT molecular complexity index is 414. The average Bonchev–Trinajstić information content (AvgIpc) is 2.94. The molecule has 0 saturated heterocycles. The topological polar surface area (TPSA) is 61.4 Å². The molecule has 0 aliphatic heterocycles. The Morgan fingerprint density at radius 3 is 2.55 bits per heavy atom. The molecule has 0 atom stereocenters. The molecule has 4 heteroatoms. The van der Waals surface area contributed by atoms with Crippen molar-refractivity contribution in [3.63, 3.8) is 0 Å². The third-order valence-electron chi connectivity index (χ3n) is 4.01. The van der Waals surface area contributed by atoms with E-state index in [-0.39, 0.29) is 18.2 Å². The zero-order valence-electron chi connectivity index (χ0n) is 11.9. The lowest BCUT2D eigenvalue weighted by Crippen LogP contribution is -2.53. The number of amides is 2. The minimum Gasteiger partial charge on any atom is -0.394 e. The lowest BCUT2D eigenvalue weighted by molar-refractivity contribution is 0.163. The number of rotatable bonds is 6. The Hall–Kier alpha value is -1.55. The van der Waals surface area contributed by atoms with Crippen LogP contribution in [-0.2, 0) is 6.42 Å². The van der Waals surface area contributed by atoms with Crippen molar-refractivity contribution >= 4 is 6.03 Å². The quantitative estimate of drug-likeness (QED) is 0.698. The van der Waals surface area contributed by atoms with E-state index in [1.54, 1.807) is 0 Å². The summed E-state index contributed by atoms with van der Waals surface area (Å²) in [7, 11) is 0. The number of nitrogens with one attached hydrogen (secondary N) is 2. The second-order valence-electron chi connectivity index (χ2n) is 5.62. The first-order valence-corrected chi connectivity index (χ1v) is 7.45. The summed E-state index contributed by atoms with van der Waals surface area (Å²) in [5, 5.41) is 15.3. The SMILES string of the molecule is O=C(NCCCc1ccccc1)NC1(CO)CCCC1.